The van der Waals surface area contributed by atoms with Gasteiger partial charge in [-0.3, -0.25) is 9.59 Å². The van der Waals surface area contributed by atoms with Crippen LogP contribution in [0.15, 0.2) is 48.7 Å². The topological polar surface area (TPSA) is 77.6 Å². The summed E-state index contributed by atoms with van der Waals surface area (Å²) in [6.07, 6.45) is 1.80. The number of hydrogen-bond acceptors (Lipinski definition) is 5. The third kappa shape index (κ3) is 3.44. The fraction of sp³-hybridized carbons (Fsp3) is 0.273. The summed E-state index contributed by atoms with van der Waals surface area (Å²) in [5.41, 5.74) is 2.35. The molecule has 2 heterocycles. The summed E-state index contributed by atoms with van der Waals surface area (Å²) in [6, 6.07) is 12.9. The maximum Gasteiger partial charge on any atom is 0.324 e. The molecule has 3 aromatic rings. The average molecular weight is 414 g/mol. The predicted octanol–water partition coefficient (Wildman–Crippen LogP) is 4.41. The second-order valence-electron chi connectivity index (χ2n) is 7.38. The third-order valence-corrected chi connectivity index (χ3v) is 5.32. The molecule has 0 bridgehead atoms. The molecular formula is C22H20ClNO5. The van der Waals surface area contributed by atoms with Crippen LogP contribution in [-0.4, -0.2) is 29.8 Å². The highest BCUT2D eigenvalue weighted by atomic mass is 35.5. The van der Waals surface area contributed by atoms with E-state index in [1.807, 2.05) is 24.3 Å². The minimum Gasteiger partial charge on any atom is -0.495 e. The Hall–Kier alpha value is -2.99. The molecule has 2 aromatic carbocycles. The molecule has 1 atom stereocenters. The van der Waals surface area contributed by atoms with Gasteiger partial charge < -0.3 is 19.2 Å². The van der Waals surface area contributed by atoms with E-state index < -0.39 is 29.6 Å². The van der Waals surface area contributed by atoms with Gasteiger partial charge in [0.15, 0.2) is 5.92 Å². The van der Waals surface area contributed by atoms with Gasteiger partial charge in [-0.05, 0) is 29.3 Å². The number of ether oxygens (including phenoxy) is 3. The first-order chi connectivity index (χ1) is 13.8. The number of aromatic amines is 1. The van der Waals surface area contributed by atoms with Crippen LogP contribution in [0.3, 0.4) is 0 Å². The molecule has 4 rings (SSSR count). The van der Waals surface area contributed by atoms with E-state index in [9.17, 15) is 9.59 Å². The summed E-state index contributed by atoms with van der Waals surface area (Å²) in [6.45, 7) is 3.06. The van der Waals surface area contributed by atoms with Gasteiger partial charge in [0.2, 0.25) is 0 Å². The number of cyclic esters (lactones) is 2. The molecule has 29 heavy (non-hydrogen) atoms. The number of carbonyl (C=O) groups excluding carboxylic acids is 2. The molecule has 0 unspecified atom stereocenters. The van der Waals surface area contributed by atoms with Crippen molar-refractivity contribution < 1.29 is 23.8 Å². The van der Waals surface area contributed by atoms with Crippen molar-refractivity contribution in [3.63, 3.8) is 0 Å². The molecule has 150 valence electrons. The summed E-state index contributed by atoms with van der Waals surface area (Å²) in [7, 11) is 1.52. The van der Waals surface area contributed by atoms with Crippen LogP contribution < -0.4 is 4.74 Å². The van der Waals surface area contributed by atoms with Gasteiger partial charge in [-0.1, -0.05) is 35.9 Å². The maximum absolute atomic E-state index is 12.9. The number of para-hydroxylation sites is 1. The number of aromatic nitrogens is 1. The lowest BCUT2D eigenvalue weighted by atomic mass is 9.80. The quantitative estimate of drug-likeness (QED) is 0.506. The highest BCUT2D eigenvalue weighted by Crippen LogP contribution is 2.42. The Morgan fingerprint density at radius 1 is 1.10 bits per heavy atom. The van der Waals surface area contributed by atoms with Crippen LogP contribution in [0.1, 0.15) is 30.9 Å². The van der Waals surface area contributed by atoms with E-state index in [-0.39, 0.29) is 0 Å². The smallest absolute Gasteiger partial charge is 0.324 e. The van der Waals surface area contributed by atoms with Crippen molar-refractivity contribution in [2.24, 2.45) is 5.92 Å². The monoisotopic (exact) mass is 413 g/mol. The molecule has 0 spiro atoms. The minimum absolute atomic E-state index is 0.382. The van der Waals surface area contributed by atoms with Gasteiger partial charge >= 0.3 is 11.9 Å². The van der Waals surface area contributed by atoms with Crippen molar-refractivity contribution in [1.29, 1.82) is 0 Å². The molecule has 6 nitrogen and oxygen atoms in total. The first-order valence-corrected chi connectivity index (χ1v) is 9.53. The molecule has 1 fully saturated rings. The molecule has 1 aromatic heterocycles. The van der Waals surface area contributed by atoms with Crippen molar-refractivity contribution in [3.05, 3.63) is 64.8 Å². The lowest BCUT2D eigenvalue weighted by Gasteiger charge is -2.36. The molecule has 1 aliphatic rings. The summed E-state index contributed by atoms with van der Waals surface area (Å²) in [4.78, 5) is 29.0. The number of nitrogens with one attached hydrogen (secondary N) is 1. The lowest BCUT2D eigenvalue weighted by Crippen LogP contribution is -2.48. The van der Waals surface area contributed by atoms with Gasteiger partial charge in [-0.25, -0.2) is 0 Å². The Morgan fingerprint density at radius 3 is 2.45 bits per heavy atom. The molecule has 1 aliphatic heterocycles. The number of H-pyrrole nitrogens is 1. The molecule has 7 heteroatoms. The van der Waals surface area contributed by atoms with E-state index in [0.29, 0.717) is 16.3 Å². The molecule has 0 aliphatic carbocycles. The normalized spacial score (nSPS) is 17.7. The van der Waals surface area contributed by atoms with Crippen LogP contribution in [0, 0.1) is 5.92 Å². The Kier molecular flexibility index (Phi) is 4.74. The number of fused-ring (bicyclic) bond motifs is 1. The summed E-state index contributed by atoms with van der Waals surface area (Å²) in [5.74, 6) is -3.87. The molecule has 0 amide bonds. The van der Waals surface area contributed by atoms with Gasteiger partial charge in [0.05, 0.1) is 12.1 Å². The van der Waals surface area contributed by atoms with Crippen LogP contribution in [0.2, 0.25) is 5.02 Å². The standard InChI is InChI=1S/C22H20ClNO5/c1-22(2)28-20(25)19(21(26)29-22)18(12-8-9-17(27-3)15(23)10-12)14-11-24-16-7-5-4-6-13(14)16/h4-11,18-19,24H,1-3H3/t18-/m0/s1. The first kappa shape index (κ1) is 19.3. The van der Waals surface area contributed by atoms with Gasteiger partial charge in [0, 0.05) is 36.9 Å². The van der Waals surface area contributed by atoms with E-state index in [2.05, 4.69) is 4.98 Å². The zero-order chi connectivity index (χ0) is 20.8. The summed E-state index contributed by atoms with van der Waals surface area (Å²) >= 11 is 6.35. The minimum atomic E-state index is -1.30. The van der Waals surface area contributed by atoms with Gasteiger partial charge in [0.1, 0.15) is 5.75 Å². The Morgan fingerprint density at radius 2 is 1.79 bits per heavy atom. The number of benzene rings is 2. The molecular weight excluding hydrogens is 394 g/mol. The van der Waals surface area contributed by atoms with E-state index in [0.717, 1.165) is 16.5 Å². The van der Waals surface area contributed by atoms with Gasteiger partial charge in [-0.15, -0.1) is 0 Å². The van der Waals surface area contributed by atoms with E-state index in [1.165, 1.54) is 21.0 Å². The fourth-order valence-corrected chi connectivity index (χ4v) is 4.05. The van der Waals surface area contributed by atoms with Crippen LogP contribution in [-0.2, 0) is 19.1 Å². The SMILES string of the molecule is COc1ccc([C@@H](c2c[nH]c3ccccc23)C2C(=O)OC(C)(C)OC2=O)cc1Cl. The summed E-state index contributed by atoms with van der Waals surface area (Å²) < 4.78 is 16.0. The van der Waals surface area contributed by atoms with Crippen molar-refractivity contribution in [3.8, 4) is 5.75 Å². The van der Waals surface area contributed by atoms with Crippen molar-refractivity contribution in [2.75, 3.05) is 7.11 Å². The molecule has 1 saturated heterocycles. The zero-order valence-electron chi connectivity index (χ0n) is 16.2. The van der Waals surface area contributed by atoms with Crippen LogP contribution in [0.5, 0.6) is 5.75 Å². The number of rotatable bonds is 4. The molecule has 1 N–H and O–H groups in total. The van der Waals surface area contributed by atoms with Crippen LogP contribution in [0.4, 0.5) is 0 Å². The third-order valence-electron chi connectivity index (χ3n) is 5.03. The highest BCUT2D eigenvalue weighted by molar-refractivity contribution is 6.32. The number of esters is 2. The lowest BCUT2D eigenvalue weighted by molar-refractivity contribution is -0.240. The largest absolute Gasteiger partial charge is 0.495 e. The predicted molar refractivity (Wildman–Crippen MR) is 108 cm³/mol. The fourth-order valence-electron chi connectivity index (χ4n) is 3.78. The number of carbonyl (C=O) groups is 2. The molecule has 0 radical (unpaired) electrons. The van der Waals surface area contributed by atoms with E-state index >= 15 is 0 Å². The van der Waals surface area contributed by atoms with Crippen LogP contribution in [0.25, 0.3) is 10.9 Å². The molecule has 0 saturated carbocycles. The highest BCUT2D eigenvalue weighted by Gasteiger charge is 2.48. The average Bonchev–Trinajstić information content (AvgIpc) is 3.07. The van der Waals surface area contributed by atoms with E-state index in [4.69, 9.17) is 25.8 Å². The maximum atomic E-state index is 12.9. The van der Waals surface area contributed by atoms with Crippen molar-refractivity contribution in [2.45, 2.75) is 25.6 Å². The first-order valence-electron chi connectivity index (χ1n) is 9.16. The Labute approximate surface area is 172 Å². The number of methoxy groups -OCH3 is 1. The van der Waals surface area contributed by atoms with E-state index in [1.54, 1.807) is 24.4 Å². The van der Waals surface area contributed by atoms with Crippen molar-refractivity contribution >= 4 is 34.4 Å². The Balaban J connectivity index is 1.89. The zero-order valence-corrected chi connectivity index (χ0v) is 16.9. The number of hydrogen-bond donors (Lipinski definition) is 1. The Bertz CT molecular complexity index is 1080. The summed E-state index contributed by atoms with van der Waals surface area (Å²) in [5, 5.41) is 1.28. The van der Waals surface area contributed by atoms with Gasteiger partial charge in [-0.2, -0.15) is 0 Å². The van der Waals surface area contributed by atoms with Crippen LogP contribution >= 0.6 is 11.6 Å². The second kappa shape index (κ2) is 7.12. The number of halogens is 1. The second-order valence-corrected chi connectivity index (χ2v) is 7.79. The van der Waals surface area contributed by atoms with Gasteiger partial charge in [0.25, 0.3) is 5.79 Å². The van der Waals surface area contributed by atoms with Crippen molar-refractivity contribution in [1.82, 2.24) is 4.98 Å².